The third-order valence-corrected chi connectivity index (χ3v) is 14.6. The van der Waals surface area contributed by atoms with E-state index in [1.54, 1.807) is 48.0 Å². The summed E-state index contributed by atoms with van der Waals surface area (Å²) >= 11 is 0. The van der Waals surface area contributed by atoms with Crippen molar-refractivity contribution in [1.82, 2.24) is 0 Å². The number of nitrogens with two attached hydrogens (primary N) is 3. The molecule has 13 nitrogen and oxygen atoms in total. The van der Waals surface area contributed by atoms with Crippen LogP contribution >= 0.6 is 0 Å². The molecule has 0 aromatic carbocycles. The Morgan fingerprint density at radius 3 is 0.941 bits per heavy atom. The van der Waals surface area contributed by atoms with E-state index in [9.17, 15) is 14.7 Å². The number of hydrogen-bond donors (Lipinski definition) is 5. The van der Waals surface area contributed by atoms with Crippen molar-refractivity contribution in [3.63, 3.8) is 0 Å². The van der Waals surface area contributed by atoms with Gasteiger partial charge in [-0.15, -0.1) is 0 Å². The first-order valence-electron chi connectivity index (χ1n) is 34.6. The van der Waals surface area contributed by atoms with Crippen LogP contribution in [0.5, 0.6) is 0 Å². The maximum absolute atomic E-state index is 12.8. The Labute approximate surface area is 525 Å². The molecule has 0 aliphatic rings. The van der Waals surface area contributed by atoms with Gasteiger partial charge >= 0.3 is 11.9 Å². The lowest BCUT2D eigenvalue weighted by atomic mass is 10.0. The fraction of sp³-hybridized carbons (Fsp3) is 0.889. The minimum absolute atomic E-state index is 0.0162. The number of rotatable bonds is 53. The van der Waals surface area contributed by atoms with Crippen molar-refractivity contribution >= 4 is 11.9 Å². The predicted octanol–water partition coefficient (Wildman–Crippen LogP) is 17.8. The summed E-state index contributed by atoms with van der Waals surface area (Å²) in [7, 11) is 3.25. The highest BCUT2D eigenvalue weighted by molar-refractivity contribution is 5.74. The molecule has 6 atom stereocenters. The van der Waals surface area contributed by atoms with Gasteiger partial charge in [0.25, 0.3) is 0 Å². The lowest BCUT2D eigenvalue weighted by Gasteiger charge is -2.29. The fourth-order valence-corrected chi connectivity index (χ4v) is 9.45. The van der Waals surface area contributed by atoms with Crippen LogP contribution in [0, 0.1) is 11.8 Å². The highest BCUT2D eigenvalue weighted by atomic mass is 16.6. The summed E-state index contributed by atoms with van der Waals surface area (Å²) < 4.78 is 33.1. The Kier molecular flexibility index (Phi) is 58.3. The van der Waals surface area contributed by atoms with E-state index >= 15 is 0 Å². The Bertz CT molecular complexity index is 1560. The molecule has 0 aromatic heterocycles. The molecule has 0 fully saturated rings. The van der Waals surface area contributed by atoms with E-state index in [1.807, 2.05) is 59.8 Å². The smallest absolute Gasteiger partial charge is 0.314 e. The van der Waals surface area contributed by atoms with Crippen molar-refractivity contribution in [2.24, 2.45) is 29.0 Å². The number of aliphatic hydroxyl groups is 2. The van der Waals surface area contributed by atoms with E-state index in [4.69, 9.17) is 50.7 Å². The largest absolute Gasteiger partial charge is 0.460 e. The summed E-state index contributed by atoms with van der Waals surface area (Å²) in [4.78, 5) is 25.3. The molecule has 0 radical (unpaired) electrons. The number of carbonyl (C=O) groups excluding carboxylic acids is 2. The topological polar surface area (TPSA) is 208 Å². The molecule has 8 N–H and O–H groups in total. The first-order valence-corrected chi connectivity index (χ1v) is 34.6. The van der Waals surface area contributed by atoms with Gasteiger partial charge in [-0.1, -0.05) is 250 Å². The lowest BCUT2D eigenvalue weighted by Crippen LogP contribution is -2.43. The molecule has 506 valence electrons. The Balaban J connectivity index is -0.00000121. The van der Waals surface area contributed by atoms with Gasteiger partial charge in [-0.25, -0.2) is 0 Å². The Morgan fingerprint density at radius 2 is 0.671 bits per heavy atom. The van der Waals surface area contributed by atoms with Gasteiger partial charge in [0.1, 0.15) is 34.5 Å². The van der Waals surface area contributed by atoms with E-state index in [0.717, 1.165) is 32.1 Å². The first kappa shape index (κ1) is 87.0. The zero-order valence-electron chi connectivity index (χ0n) is 58.4. The van der Waals surface area contributed by atoms with Gasteiger partial charge in [-0.3, -0.25) is 9.59 Å². The van der Waals surface area contributed by atoms with Crippen molar-refractivity contribution in [3.05, 3.63) is 36.5 Å². The van der Waals surface area contributed by atoms with Gasteiger partial charge in [-0.05, 0) is 108 Å². The minimum Gasteiger partial charge on any atom is -0.460 e. The van der Waals surface area contributed by atoms with Crippen molar-refractivity contribution in [2.45, 2.75) is 368 Å². The molecule has 0 heterocycles. The molecular weight excluding hydrogens is 1070 g/mol. The standard InChI is InChI=1S/C27H53NO4.C26H51NO4.C19H39NO2/c1-8-9-10-11-12-13-14-15-16-17-18-19-20-21-24(30-7)23(22-31-27(5,6)28)25(29)32-26(2,3)4;1-7-8-9-10-11-12-13-14-15-16-17-18-19-20-23(28)22(21-30-26(5,6)27)24(29)31-25(2,3)4;1-3-4-5-6-7-8-9-10-11-12-13-14-15-16-19(22-2)18(20)17-21/h20-21,23-24H,8-19,22,28H2,1-7H3;19-20,22-23,28H,7-18,21,27H2,1-6H3;15-16,18-19,21H,3-14,17,20H2,1-2H3/b21-20+;20-19+;16-15+/t23?,24-;22?,23-;18-,19+/m110/s1. The molecular formula is C72H143N3O10. The zero-order chi connectivity index (χ0) is 64.7. The Morgan fingerprint density at radius 1 is 0.412 bits per heavy atom. The predicted molar refractivity (Wildman–Crippen MR) is 360 cm³/mol. The SMILES string of the molecule is CCCCCCCCCCCCC/C=C/[C@@H](O)C(COC(C)(C)N)C(=O)OC(C)(C)C.CCCCCCCCCCCCC/C=C/[C@@H](OC)C(COC(C)(C)N)C(=O)OC(C)(C)C.CCCCCCCCCCCCC/C=C/[C@@H](OC)[C@@H](N)CO. The van der Waals surface area contributed by atoms with E-state index in [-0.39, 0.29) is 37.9 Å². The number of hydrogen-bond acceptors (Lipinski definition) is 13. The maximum atomic E-state index is 12.8. The van der Waals surface area contributed by atoms with Gasteiger partial charge in [-0.2, -0.15) is 0 Å². The summed E-state index contributed by atoms with van der Waals surface area (Å²) in [5.41, 5.74) is 14.7. The van der Waals surface area contributed by atoms with Crippen LogP contribution in [0.25, 0.3) is 0 Å². The van der Waals surface area contributed by atoms with Crippen LogP contribution in [0.4, 0.5) is 0 Å². The number of unbranched alkanes of at least 4 members (excludes halogenated alkanes) is 33. The number of methoxy groups -OCH3 is 2. The van der Waals surface area contributed by atoms with E-state index in [0.29, 0.717) is 0 Å². The average molecular weight is 1210 g/mol. The molecule has 13 heteroatoms. The van der Waals surface area contributed by atoms with E-state index in [2.05, 4.69) is 32.9 Å². The maximum Gasteiger partial charge on any atom is 0.314 e. The molecule has 0 saturated heterocycles. The van der Waals surface area contributed by atoms with Crippen LogP contribution in [0.2, 0.25) is 0 Å². The molecule has 0 aliphatic carbocycles. The molecule has 0 aliphatic heterocycles. The lowest BCUT2D eigenvalue weighted by molar-refractivity contribution is -0.170. The van der Waals surface area contributed by atoms with Crippen LogP contribution in [-0.2, 0) is 38.0 Å². The van der Waals surface area contributed by atoms with Crippen molar-refractivity contribution < 1.29 is 48.2 Å². The zero-order valence-corrected chi connectivity index (χ0v) is 58.4. The third kappa shape index (κ3) is 63.2. The second-order valence-electron chi connectivity index (χ2n) is 27.1. The monoisotopic (exact) mass is 1210 g/mol. The highest BCUT2D eigenvalue weighted by Gasteiger charge is 2.34. The van der Waals surface area contributed by atoms with Gasteiger partial charge < -0.3 is 55.8 Å². The molecule has 0 aromatic rings. The van der Waals surface area contributed by atoms with E-state index < -0.39 is 52.7 Å². The quantitative estimate of drug-likeness (QED) is 0.0166. The second-order valence-corrected chi connectivity index (χ2v) is 27.1. The molecule has 0 spiro atoms. The third-order valence-electron chi connectivity index (χ3n) is 14.6. The van der Waals surface area contributed by atoms with Crippen molar-refractivity contribution in [2.75, 3.05) is 34.0 Å². The number of allylic oxidation sites excluding steroid dienone is 3. The Hall–Kier alpha value is -2.20. The minimum atomic E-state index is -0.954. The number of carbonyl (C=O) groups is 2. The molecule has 0 rings (SSSR count). The van der Waals surface area contributed by atoms with Crippen molar-refractivity contribution in [3.8, 4) is 0 Å². The summed E-state index contributed by atoms with van der Waals surface area (Å²) in [5, 5.41) is 19.5. The van der Waals surface area contributed by atoms with Gasteiger partial charge in [0, 0.05) is 14.2 Å². The van der Waals surface area contributed by atoms with Gasteiger partial charge in [0.15, 0.2) is 0 Å². The van der Waals surface area contributed by atoms with Crippen LogP contribution in [-0.4, -0.2) is 103 Å². The van der Waals surface area contributed by atoms with Crippen LogP contribution in [0.15, 0.2) is 36.5 Å². The van der Waals surface area contributed by atoms with Gasteiger partial charge in [0.2, 0.25) is 0 Å². The van der Waals surface area contributed by atoms with Crippen molar-refractivity contribution in [1.29, 1.82) is 0 Å². The molecule has 0 saturated carbocycles. The van der Waals surface area contributed by atoms with Crippen LogP contribution < -0.4 is 17.2 Å². The average Bonchev–Trinajstić information content (AvgIpc) is 3.62. The second kappa shape index (κ2) is 57.0. The normalized spacial score (nSPS) is 14.6. The molecule has 0 bridgehead atoms. The van der Waals surface area contributed by atoms with Crippen LogP contribution in [0.3, 0.4) is 0 Å². The fourth-order valence-electron chi connectivity index (χ4n) is 9.45. The number of ether oxygens (including phenoxy) is 6. The highest BCUT2D eigenvalue weighted by Crippen LogP contribution is 2.22. The number of aliphatic hydroxyl groups excluding tert-OH is 2. The van der Waals surface area contributed by atoms with E-state index in [1.165, 1.54) is 199 Å². The number of esters is 2. The summed E-state index contributed by atoms with van der Waals surface area (Å²) in [6.45, 7) is 24.9. The van der Waals surface area contributed by atoms with Crippen LogP contribution in [0.1, 0.15) is 321 Å². The first-order chi connectivity index (χ1) is 40.2. The summed E-state index contributed by atoms with van der Waals surface area (Å²) in [6.07, 6.45) is 57.5. The van der Waals surface area contributed by atoms with Gasteiger partial charge in [0.05, 0.1) is 44.2 Å². The molecule has 0 amide bonds. The summed E-state index contributed by atoms with van der Waals surface area (Å²) in [5.74, 6) is -2.15. The summed E-state index contributed by atoms with van der Waals surface area (Å²) in [6, 6.07) is -0.321. The molecule has 2 unspecified atom stereocenters. The molecule has 85 heavy (non-hydrogen) atoms.